The average molecular weight is 313 g/mol. The van der Waals surface area contributed by atoms with E-state index in [2.05, 4.69) is 10.3 Å². The van der Waals surface area contributed by atoms with Gasteiger partial charge in [0.1, 0.15) is 0 Å². The van der Waals surface area contributed by atoms with Crippen LogP contribution in [-0.2, 0) is 4.79 Å². The minimum absolute atomic E-state index is 0.0555. The van der Waals surface area contributed by atoms with E-state index in [9.17, 15) is 9.59 Å². The molecule has 0 bridgehead atoms. The maximum atomic E-state index is 12.7. The van der Waals surface area contributed by atoms with Crippen LogP contribution in [0.2, 0.25) is 0 Å². The van der Waals surface area contributed by atoms with Gasteiger partial charge in [0.15, 0.2) is 5.69 Å². The molecule has 7 nitrogen and oxygen atoms in total. The van der Waals surface area contributed by atoms with Gasteiger partial charge in [-0.2, -0.15) is 0 Å². The zero-order chi connectivity index (χ0) is 16.4. The van der Waals surface area contributed by atoms with Gasteiger partial charge < -0.3 is 10.6 Å². The molecule has 23 heavy (non-hydrogen) atoms. The SMILES string of the molecule is C[C@H]1CC[C@@H](C(N)=O)CN1C(=O)c1cn(-c2ccccc2)nn1. The van der Waals surface area contributed by atoms with Crippen LogP contribution in [0, 0.1) is 5.92 Å². The van der Waals surface area contributed by atoms with E-state index in [1.54, 1.807) is 15.8 Å². The van der Waals surface area contributed by atoms with Crippen molar-refractivity contribution in [2.45, 2.75) is 25.8 Å². The highest BCUT2D eigenvalue weighted by molar-refractivity contribution is 5.92. The van der Waals surface area contributed by atoms with Crippen LogP contribution in [-0.4, -0.2) is 44.3 Å². The molecule has 2 N–H and O–H groups in total. The molecule has 7 heteroatoms. The van der Waals surface area contributed by atoms with Crippen LogP contribution >= 0.6 is 0 Å². The molecule has 0 aliphatic carbocycles. The number of nitrogens with two attached hydrogens (primary N) is 1. The summed E-state index contributed by atoms with van der Waals surface area (Å²) in [6.45, 7) is 2.31. The highest BCUT2D eigenvalue weighted by Crippen LogP contribution is 2.23. The van der Waals surface area contributed by atoms with E-state index in [-0.39, 0.29) is 29.5 Å². The van der Waals surface area contributed by atoms with E-state index in [1.165, 1.54) is 0 Å². The molecule has 1 aliphatic rings. The highest BCUT2D eigenvalue weighted by atomic mass is 16.2. The number of nitrogens with zero attached hydrogens (tertiary/aromatic N) is 4. The molecule has 1 fully saturated rings. The Hall–Kier alpha value is -2.70. The van der Waals surface area contributed by atoms with Gasteiger partial charge in [0.05, 0.1) is 17.8 Å². The van der Waals surface area contributed by atoms with Gasteiger partial charge in [-0.25, -0.2) is 4.68 Å². The van der Waals surface area contributed by atoms with Crippen LogP contribution in [0.25, 0.3) is 5.69 Å². The summed E-state index contributed by atoms with van der Waals surface area (Å²) in [4.78, 5) is 25.8. The summed E-state index contributed by atoms with van der Waals surface area (Å²) in [5.74, 6) is -0.868. The number of carbonyl (C=O) groups is 2. The monoisotopic (exact) mass is 313 g/mol. The van der Waals surface area contributed by atoms with Crippen molar-refractivity contribution in [2.75, 3.05) is 6.54 Å². The molecular formula is C16H19N5O2. The molecule has 2 aromatic rings. The molecule has 2 heterocycles. The number of carbonyl (C=O) groups excluding carboxylic acids is 2. The summed E-state index contributed by atoms with van der Waals surface area (Å²) < 4.78 is 1.56. The lowest BCUT2D eigenvalue weighted by atomic mass is 9.92. The van der Waals surface area contributed by atoms with Crippen LogP contribution in [0.1, 0.15) is 30.3 Å². The van der Waals surface area contributed by atoms with Gasteiger partial charge in [0.25, 0.3) is 5.91 Å². The number of likely N-dealkylation sites (tertiary alicyclic amines) is 1. The largest absolute Gasteiger partial charge is 0.369 e. The number of primary amides is 1. The molecule has 3 rings (SSSR count). The smallest absolute Gasteiger partial charge is 0.276 e. The fourth-order valence-electron chi connectivity index (χ4n) is 2.84. The van der Waals surface area contributed by atoms with Gasteiger partial charge in [-0.3, -0.25) is 9.59 Å². The van der Waals surface area contributed by atoms with Gasteiger partial charge in [0, 0.05) is 12.6 Å². The second kappa shape index (κ2) is 6.20. The van der Waals surface area contributed by atoms with Gasteiger partial charge in [-0.1, -0.05) is 23.4 Å². The first kappa shape index (κ1) is 15.2. The Bertz CT molecular complexity index is 712. The topological polar surface area (TPSA) is 94.1 Å². The number of para-hydroxylation sites is 1. The minimum atomic E-state index is -0.359. The Morgan fingerprint density at radius 1 is 1.22 bits per heavy atom. The summed E-state index contributed by atoms with van der Waals surface area (Å²) in [5.41, 5.74) is 6.49. The van der Waals surface area contributed by atoms with Crippen molar-refractivity contribution < 1.29 is 9.59 Å². The highest BCUT2D eigenvalue weighted by Gasteiger charge is 2.33. The third kappa shape index (κ3) is 3.08. The van der Waals surface area contributed by atoms with Crippen LogP contribution in [0.4, 0.5) is 0 Å². The lowest BCUT2D eigenvalue weighted by molar-refractivity contribution is -0.123. The van der Waals surface area contributed by atoms with Crippen LogP contribution < -0.4 is 5.73 Å². The summed E-state index contributed by atoms with van der Waals surface area (Å²) in [5, 5.41) is 7.99. The lowest BCUT2D eigenvalue weighted by Crippen LogP contribution is -2.48. The quantitative estimate of drug-likeness (QED) is 0.914. The number of hydrogen-bond acceptors (Lipinski definition) is 4. The first-order valence-corrected chi connectivity index (χ1v) is 7.64. The third-order valence-corrected chi connectivity index (χ3v) is 4.28. The molecule has 1 aliphatic heterocycles. The number of hydrogen-bond donors (Lipinski definition) is 1. The number of benzene rings is 1. The Balaban J connectivity index is 1.80. The minimum Gasteiger partial charge on any atom is -0.369 e. The van der Waals surface area contributed by atoms with Crippen molar-refractivity contribution in [3.63, 3.8) is 0 Å². The fourth-order valence-corrected chi connectivity index (χ4v) is 2.84. The number of aromatic nitrogens is 3. The number of rotatable bonds is 3. The van der Waals surface area contributed by atoms with Crippen LogP contribution in [0.15, 0.2) is 36.5 Å². The van der Waals surface area contributed by atoms with Gasteiger partial charge in [-0.15, -0.1) is 5.10 Å². The second-order valence-corrected chi connectivity index (χ2v) is 5.87. The molecule has 1 aromatic heterocycles. The van der Waals surface area contributed by atoms with Crippen molar-refractivity contribution in [1.29, 1.82) is 0 Å². The predicted molar refractivity (Wildman–Crippen MR) is 83.8 cm³/mol. The van der Waals surface area contributed by atoms with E-state index in [4.69, 9.17) is 5.73 Å². The molecule has 0 unspecified atom stereocenters. The van der Waals surface area contributed by atoms with Crippen LogP contribution in [0.3, 0.4) is 0 Å². The molecule has 2 atom stereocenters. The molecule has 1 aromatic carbocycles. The zero-order valence-electron chi connectivity index (χ0n) is 12.9. The molecule has 120 valence electrons. The van der Waals surface area contributed by atoms with Crippen molar-refractivity contribution in [3.05, 3.63) is 42.2 Å². The lowest BCUT2D eigenvalue weighted by Gasteiger charge is -2.36. The predicted octanol–water partition coefficient (Wildman–Crippen LogP) is 0.993. The van der Waals surface area contributed by atoms with Crippen molar-refractivity contribution in [1.82, 2.24) is 19.9 Å². The first-order valence-electron chi connectivity index (χ1n) is 7.64. The van der Waals surface area contributed by atoms with E-state index >= 15 is 0 Å². The third-order valence-electron chi connectivity index (χ3n) is 4.28. The second-order valence-electron chi connectivity index (χ2n) is 5.87. The van der Waals surface area contributed by atoms with Crippen molar-refractivity contribution in [3.8, 4) is 5.69 Å². The van der Waals surface area contributed by atoms with E-state index in [0.29, 0.717) is 6.54 Å². The Labute approximate surface area is 134 Å². The van der Waals surface area contributed by atoms with Gasteiger partial charge >= 0.3 is 0 Å². The molecule has 2 amide bonds. The van der Waals surface area contributed by atoms with Gasteiger partial charge in [-0.05, 0) is 31.9 Å². The zero-order valence-corrected chi connectivity index (χ0v) is 12.9. The van der Waals surface area contributed by atoms with Crippen LogP contribution in [0.5, 0.6) is 0 Å². The standard InChI is InChI=1S/C16H19N5O2/c1-11-7-8-12(15(17)22)9-20(11)16(23)14-10-21(19-18-14)13-5-3-2-4-6-13/h2-6,10-12H,7-9H2,1H3,(H2,17,22)/t11-,12+/m0/s1. The maximum Gasteiger partial charge on any atom is 0.276 e. The average Bonchev–Trinajstić information content (AvgIpc) is 3.05. The molecular weight excluding hydrogens is 294 g/mol. The first-order chi connectivity index (χ1) is 11.1. The summed E-state index contributed by atoms with van der Waals surface area (Å²) in [7, 11) is 0. The Morgan fingerprint density at radius 3 is 2.65 bits per heavy atom. The van der Waals surface area contributed by atoms with E-state index in [0.717, 1.165) is 18.5 Å². The Kier molecular flexibility index (Phi) is 4.10. The maximum absolute atomic E-state index is 12.7. The summed E-state index contributed by atoms with van der Waals surface area (Å²) in [6.07, 6.45) is 3.08. The molecule has 0 radical (unpaired) electrons. The molecule has 0 spiro atoms. The number of piperidine rings is 1. The van der Waals surface area contributed by atoms with E-state index < -0.39 is 0 Å². The molecule has 1 saturated heterocycles. The molecule has 0 saturated carbocycles. The summed E-state index contributed by atoms with van der Waals surface area (Å²) >= 11 is 0. The van der Waals surface area contributed by atoms with Crippen molar-refractivity contribution >= 4 is 11.8 Å². The normalized spacial score (nSPS) is 21.2. The van der Waals surface area contributed by atoms with Crippen molar-refractivity contribution in [2.24, 2.45) is 11.7 Å². The fraction of sp³-hybridized carbons (Fsp3) is 0.375. The Morgan fingerprint density at radius 2 is 1.96 bits per heavy atom. The van der Waals surface area contributed by atoms with E-state index in [1.807, 2.05) is 37.3 Å². The number of amides is 2. The van der Waals surface area contributed by atoms with Gasteiger partial charge in [0.2, 0.25) is 5.91 Å². The summed E-state index contributed by atoms with van der Waals surface area (Å²) in [6, 6.07) is 9.52.